The maximum Gasteiger partial charge on any atom is 0.229 e. The van der Waals surface area contributed by atoms with Gasteiger partial charge in [-0.15, -0.1) is 0 Å². The van der Waals surface area contributed by atoms with Crippen LogP contribution in [0.15, 0.2) is 12.3 Å². The Morgan fingerprint density at radius 1 is 1.56 bits per heavy atom. The van der Waals surface area contributed by atoms with Gasteiger partial charge in [-0.2, -0.15) is 0 Å². The second-order valence-corrected chi connectivity index (χ2v) is 2.24. The molecule has 0 saturated carbocycles. The number of hydrogen-bond acceptors (Lipinski definition) is 2. The molecule has 2 aliphatic heterocycles. The van der Waals surface area contributed by atoms with E-state index in [9.17, 15) is 9.59 Å². The van der Waals surface area contributed by atoms with Crippen molar-refractivity contribution in [2.24, 2.45) is 0 Å². The lowest BCUT2D eigenvalue weighted by molar-refractivity contribution is -0.145. The van der Waals surface area contributed by atoms with Gasteiger partial charge in [0.2, 0.25) is 5.91 Å². The molecule has 46 valence electrons. The van der Waals surface area contributed by atoms with Crippen molar-refractivity contribution in [2.45, 2.75) is 12.5 Å². The van der Waals surface area contributed by atoms with Gasteiger partial charge in [-0.1, -0.05) is 0 Å². The molecule has 1 fully saturated rings. The average Bonchev–Trinajstić information content (AvgIpc) is 2.07. The first-order valence-electron chi connectivity index (χ1n) is 2.82. The molecule has 0 bridgehead atoms. The highest BCUT2D eigenvalue weighted by Crippen LogP contribution is 2.25. The van der Waals surface area contributed by atoms with Crippen LogP contribution in [0.4, 0.5) is 0 Å². The second-order valence-electron chi connectivity index (χ2n) is 2.24. The first-order valence-corrected chi connectivity index (χ1v) is 2.82. The van der Waals surface area contributed by atoms with Gasteiger partial charge in [-0.3, -0.25) is 9.59 Å². The van der Waals surface area contributed by atoms with Crippen LogP contribution in [-0.2, 0) is 9.59 Å². The van der Waals surface area contributed by atoms with E-state index < -0.39 is 0 Å². The number of hydrogen-bond donors (Lipinski definition) is 0. The number of rotatable bonds is 0. The first-order chi connectivity index (χ1) is 4.29. The quantitative estimate of drug-likeness (QED) is 0.414. The van der Waals surface area contributed by atoms with E-state index in [4.69, 9.17) is 0 Å². The lowest BCUT2D eigenvalue weighted by Gasteiger charge is -2.31. The largest absolute Gasteiger partial charge is 0.307 e. The monoisotopic (exact) mass is 123 g/mol. The van der Waals surface area contributed by atoms with E-state index in [1.54, 1.807) is 6.20 Å². The molecule has 0 spiro atoms. The maximum atomic E-state index is 10.7. The molecule has 0 aromatic carbocycles. The molecule has 2 heterocycles. The van der Waals surface area contributed by atoms with Crippen LogP contribution in [0.5, 0.6) is 0 Å². The van der Waals surface area contributed by atoms with Gasteiger partial charge in [0.1, 0.15) is 6.04 Å². The summed E-state index contributed by atoms with van der Waals surface area (Å²) in [4.78, 5) is 22.8. The molecule has 0 unspecified atom stereocenters. The second kappa shape index (κ2) is 1.23. The Bertz CT molecular complexity index is 219. The third kappa shape index (κ3) is 0.415. The fraction of sp³-hybridized carbons (Fsp3) is 0.333. The van der Waals surface area contributed by atoms with Crippen LogP contribution in [0.1, 0.15) is 6.42 Å². The summed E-state index contributed by atoms with van der Waals surface area (Å²) in [6.07, 6.45) is 3.42. The van der Waals surface area contributed by atoms with Crippen LogP contribution in [0, 0.1) is 0 Å². The summed E-state index contributed by atoms with van der Waals surface area (Å²) in [5.74, 6) is 0.122. The Morgan fingerprint density at radius 3 is 2.78 bits per heavy atom. The zero-order chi connectivity index (χ0) is 6.43. The zero-order valence-electron chi connectivity index (χ0n) is 4.70. The van der Waals surface area contributed by atoms with Crippen molar-refractivity contribution in [2.75, 3.05) is 0 Å². The molecule has 2 aliphatic rings. The summed E-state index contributed by atoms with van der Waals surface area (Å²) in [6.45, 7) is 0. The van der Waals surface area contributed by atoms with Crippen molar-refractivity contribution in [3.05, 3.63) is 12.3 Å². The van der Waals surface area contributed by atoms with E-state index in [2.05, 4.69) is 0 Å². The van der Waals surface area contributed by atoms with Crippen LogP contribution in [0.25, 0.3) is 0 Å². The Balaban J connectivity index is 2.29. The van der Waals surface area contributed by atoms with Crippen LogP contribution in [0.2, 0.25) is 0 Å². The van der Waals surface area contributed by atoms with Gasteiger partial charge in [-0.05, 0) is 6.08 Å². The van der Waals surface area contributed by atoms with E-state index in [1.807, 2.05) is 0 Å². The molecule has 0 aromatic heterocycles. The fourth-order valence-corrected chi connectivity index (χ4v) is 1.12. The van der Waals surface area contributed by atoms with E-state index >= 15 is 0 Å². The summed E-state index contributed by atoms with van der Waals surface area (Å²) in [5.41, 5.74) is 0. The molecule has 0 aliphatic carbocycles. The molecular formula is C6H5NO2. The Kier molecular flexibility index (Phi) is 0.649. The normalized spacial score (nSPS) is 30.7. The van der Waals surface area contributed by atoms with Gasteiger partial charge in [0, 0.05) is 6.20 Å². The third-order valence-electron chi connectivity index (χ3n) is 1.72. The van der Waals surface area contributed by atoms with Crippen molar-refractivity contribution in [3.8, 4) is 0 Å². The van der Waals surface area contributed by atoms with Crippen LogP contribution in [-0.4, -0.2) is 22.6 Å². The van der Waals surface area contributed by atoms with Gasteiger partial charge >= 0.3 is 0 Å². The van der Waals surface area contributed by atoms with Gasteiger partial charge in [0.05, 0.1) is 6.42 Å². The molecule has 3 nitrogen and oxygen atoms in total. The van der Waals surface area contributed by atoms with Crippen molar-refractivity contribution < 1.29 is 9.59 Å². The Hall–Kier alpha value is -1.12. The Labute approximate surface area is 51.9 Å². The SMILES string of the molecule is O=C1C=CN2C(=O)C[C@@H]12. The lowest BCUT2D eigenvalue weighted by Crippen LogP contribution is -2.49. The molecule has 1 amide bonds. The zero-order valence-corrected chi connectivity index (χ0v) is 4.70. The van der Waals surface area contributed by atoms with E-state index in [-0.39, 0.29) is 17.7 Å². The summed E-state index contributed by atoms with van der Waals surface area (Å²) in [7, 11) is 0. The van der Waals surface area contributed by atoms with Crippen molar-refractivity contribution in [3.63, 3.8) is 0 Å². The van der Waals surface area contributed by atoms with Gasteiger partial charge in [0.25, 0.3) is 0 Å². The lowest BCUT2D eigenvalue weighted by atomic mass is 10.0. The number of β-lactam (4-membered cyclic amide) rings is 1. The number of nitrogens with zero attached hydrogens (tertiary/aromatic N) is 1. The van der Waals surface area contributed by atoms with Crippen LogP contribution in [0.3, 0.4) is 0 Å². The topological polar surface area (TPSA) is 37.4 Å². The van der Waals surface area contributed by atoms with Crippen LogP contribution >= 0.6 is 0 Å². The van der Waals surface area contributed by atoms with Crippen LogP contribution < -0.4 is 0 Å². The molecular weight excluding hydrogens is 118 g/mol. The van der Waals surface area contributed by atoms with E-state index in [0.29, 0.717) is 6.42 Å². The number of ketones is 1. The van der Waals surface area contributed by atoms with Crippen molar-refractivity contribution in [1.82, 2.24) is 4.90 Å². The first kappa shape index (κ1) is 4.73. The highest BCUT2D eigenvalue weighted by Gasteiger charge is 2.41. The smallest absolute Gasteiger partial charge is 0.229 e. The number of amides is 1. The van der Waals surface area contributed by atoms with Gasteiger partial charge in [0.15, 0.2) is 5.78 Å². The minimum absolute atomic E-state index is 0.0575. The summed E-state index contributed by atoms with van der Waals surface area (Å²) in [6, 6.07) is -0.127. The molecule has 2 rings (SSSR count). The summed E-state index contributed by atoms with van der Waals surface area (Å²) >= 11 is 0. The van der Waals surface area contributed by atoms with E-state index in [1.165, 1.54) is 11.0 Å². The molecule has 3 heteroatoms. The van der Waals surface area contributed by atoms with Gasteiger partial charge in [-0.25, -0.2) is 0 Å². The maximum absolute atomic E-state index is 10.7. The molecule has 0 N–H and O–H groups in total. The molecule has 1 saturated heterocycles. The van der Waals surface area contributed by atoms with Crippen molar-refractivity contribution >= 4 is 11.7 Å². The van der Waals surface area contributed by atoms with Crippen molar-refractivity contribution in [1.29, 1.82) is 0 Å². The minimum atomic E-state index is -0.127. The van der Waals surface area contributed by atoms with E-state index in [0.717, 1.165) is 0 Å². The molecule has 0 radical (unpaired) electrons. The van der Waals surface area contributed by atoms with Gasteiger partial charge < -0.3 is 4.90 Å². The molecule has 0 aromatic rings. The number of carbonyl (C=O) groups is 2. The highest BCUT2D eigenvalue weighted by molar-refractivity contribution is 6.07. The fourth-order valence-electron chi connectivity index (χ4n) is 1.12. The molecule has 9 heavy (non-hydrogen) atoms. The third-order valence-corrected chi connectivity index (χ3v) is 1.72. The molecule has 1 atom stereocenters. The number of carbonyl (C=O) groups excluding carboxylic acids is 2. The summed E-state index contributed by atoms with van der Waals surface area (Å²) in [5, 5.41) is 0. The highest BCUT2D eigenvalue weighted by atomic mass is 16.2. The Morgan fingerprint density at radius 2 is 2.33 bits per heavy atom. The summed E-state index contributed by atoms with van der Waals surface area (Å²) < 4.78 is 0. The minimum Gasteiger partial charge on any atom is -0.307 e. The average molecular weight is 123 g/mol. The predicted octanol–water partition coefficient (Wildman–Crippen LogP) is -0.316. The standard InChI is InChI=1S/C6H5NO2/c8-5-1-2-7-4(5)3-6(7)9/h1-2,4H,3H2/t4-/m0/s1. The predicted molar refractivity (Wildman–Crippen MR) is 29.4 cm³/mol. The number of fused-ring (bicyclic) bond motifs is 1.